The van der Waals surface area contributed by atoms with E-state index >= 15 is 0 Å². The highest BCUT2D eigenvalue weighted by Gasteiger charge is 2.38. The molecule has 1 aromatic heterocycles. The summed E-state index contributed by atoms with van der Waals surface area (Å²) >= 11 is 12.1. The summed E-state index contributed by atoms with van der Waals surface area (Å²) in [5.41, 5.74) is 1.80. The van der Waals surface area contributed by atoms with Gasteiger partial charge < -0.3 is 14.0 Å². The highest BCUT2D eigenvalue weighted by Crippen LogP contribution is 2.33. The minimum atomic E-state index is -4.69. The number of hydrogen-bond donors (Lipinski definition) is 0. The van der Waals surface area contributed by atoms with Crippen molar-refractivity contribution in [1.82, 2.24) is 10.1 Å². The summed E-state index contributed by atoms with van der Waals surface area (Å²) < 4.78 is 53.5. The van der Waals surface area contributed by atoms with E-state index in [2.05, 4.69) is 14.7 Å². The van der Waals surface area contributed by atoms with Gasteiger partial charge >= 0.3 is 12.1 Å². The Balaban J connectivity index is 1.68. The Morgan fingerprint density at radius 1 is 0.966 bits per heavy atom. The molecule has 0 amide bonds. The second kappa shape index (κ2) is 8.51. The van der Waals surface area contributed by atoms with Gasteiger partial charge in [-0.15, -0.1) is 0 Å². The van der Waals surface area contributed by atoms with E-state index in [9.17, 15) is 13.2 Å². The average molecular weight is 447 g/mol. The predicted molar refractivity (Wildman–Crippen MR) is 102 cm³/mol. The van der Waals surface area contributed by atoms with Crippen molar-refractivity contribution in [2.45, 2.75) is 20.0 Å². The van der Waals surface area contributed by atoms with Gasteiger partial charge in [0.1, 0.15) is 19.0 Å². The number of nitrogens with zero attached hydrogens (tertiary/aromatic N) is 2. The van der Waals surface area contributed by atoms with Crippen LogP contribution in [-0.4, -0.2) is 23.4 Å². The van der Waals surface area contributed by atoms with Gasteiger partial charge in [-0.3, -0.25) is 0 Å². The van der Waals surface area contributed by atoms with Gasteiger partial charge in [0.2, 0.25) is 5.82 Å². The van der Waals surface area contributed by atoms with Crippen molar-refractivity contribution in [3.8, 4) is 22.9 Å². The smallest absolute Gasteiger partial charge is 0.471 e. The summed E-state index contributed by atoms with van der Waals surface area (Å²) in [6.07, 6.45) is -4.69. The Labute approximate surface area is 174 Å². The summed E-state index contributed by atoms with van der Waals surface area (Å²) in [6, 6.07) is 8.29. The molecule has 0 saturated carbocycles. The standard InChI is InChI=1S/C19H15Cl2F3N2O3/c1-10-8-12(17-25-18(29-26-17)19(22,23)24)9-11(2)15(10)27-6-7-28-16-13(20)4-3-5-14(16)21/h3-5,8-9H,6-7H2,1-2H3. The van der Waals surface area contributed by atoms with E-state index in [0.29, 0.717) is 38.2 Å². The molecule has 2 aromatic carbocycles. The van der Waals surface area contributed by atoms with Crippen LogP contribution < -0.4 is 9.47 Å². The number of aryl methyl sites for hydroxylation is 2. The average Bonchev–Trinajstić information content (AvgIpc) is 3.13. The number of benzene rings is 2. The molecular weight excluding hydrogens is 432 g/mol. The normalized spacial score (nSPS) is 11.6. The molecule has 0 aliphatic heterocycles. The van der Waals surface area contributed by atoms with Crippen molar-refractivity contribution in [3.63, 3.8) is 0 Å². The molecule has 5 nitrogen and oxygen atoms in total. The van der Waals surface area contributed by atoms with Crippen LogP contribution in [0.5, 0.6) is 11.5 Å². The maximum Gasteiger partial charge on any atom is 0.471 e. The molecule has 0 spiro atoms. The molecule has 3 rings (SSSR count). The van der Waals surface area contributed by atoms with Gasteiger partial charge in [0.25, 0.3) is 0 Å². The summed E-state index contributed by atoms with van der Waals surface area (Å²) in [6.45, 7) is 3.94. The number of hydrogen-bond acceptors (Lipinski definition) is 5. The maximum absolute atomic E-state index is 12.6. The van der Waals surface area contributed by atoms with Crippen molar-refractivity contribution in [3.05, 3.63) is 57.4 Å². The number of alkyl halides is 3. The van der Waals surface area contributed by atoms with E-state index in [-0.39, 0.29) is 19.0 Å². The number of rotatable bonds is 6. The first-order valence-electron chi connectivity index (χ1n) is 8.39. The molecule has 0 saturated heterocycles. The number of halogens is 5. The van der Waals surface area contributed by atoms with E-state index in [4.69, 9.17) is 32.7 Å². The van der Waals surface area contributed by atoms with Gasteiger partial charge in [-0.25, -0.2) is 0 Å². The van der Waals surface area contributed by atoms with Crippen molar-refractivity contribution in [2.75, 3.05) is 13.2 Å². The summed E-state index contributed by atoms with van der Waals surface area (Å²) in [5, 5.41) is 4.19. The molecule has 0 fully saturated rings. The van der Waals surface area contributed by atoms with Gasteiger partial charge in [-0.05, 0) is 49.2 Å². The molecule has 3 aromatic rings. The SMILES string of the molecule is Cc1cc(-c2noc(C(F)(F)F)n2)cc(C)c1OCCOc1c(Cl)cccc1Cl. The van der Waals surface area contributed by atoms with Crippen molar-refractivity contribution in [1.29, 1.82) is 0 Å². The highest BCUT2D eigenvalue weighted by atomic mass is 35.5. The first-order chi connectivity index (χ1) is 13.7. The Morgan fingerprint density at radius 2 is 1.52 bits per heavy atom. The third-order valence-electron chi connectivity index (χ3n) is 3.88. The fourth-order valence-electron chi connectivity index (χ4n) is 2.67. The highest BCUT2D eigenvalue weighted by molar-refractivity contribution is 6.37. The number of ether oxygens (including phenoxy) is 2. The van der Waals surface area contributed by atoms with Crippen LogP contribution >= 0.6 is 23.2 Å². The third kappa shape index (κ3) is 4.94. The van der Waals surface area contributed by atoms with Crippen LogP contribution in [-0.2, 0) is 6.18 Å². The minimum Gasteiger partial charge on any atom is -0.489 e. The van der Waals surface area contributed by atoms with Gasteiger partial charge in [-0.2, -0.15) is 18.2 Å². The molecule has 154 valence electrons. The van der Waals surface area contributed by atoms with Crippen LogP contribution in [0, 0.1) is 13.8 Å². The first-order valence-corrected chi connectivity index (χ1v) is 9.14. The Morgan fingerprint density at radius 3 is 2.03 bits per heavy atom. The fraction of sp³-hybridized carbons (Fsp3) is 0.263. The second-order valence-corrected chi connectivity index (χ2v) is 6.92. The molecule has 0 bridgehead atoms. The number of aromatic nitrogens is 2. The van der Waals surface area contributed by atoms with Crippen molar-refractivity contribution >= 4 is 23.2 Å². The molecule has 10 heteroatoms. The minimum absolute atomic E-state index is 0.147. The monoisotopic (exact) mass is 446 g/mol. The lowest BCUT2D eigenvalue weighted by atomic mass is 10.1. The Hall–Kier alpha value is -2.45. The molecule has 0 aliphatic carbocycles. The zero-order valence-electron chi connectivity index (χ0n) is 15.3. The quantitative estimate of drug-likeness (QED) is 0.425. The zero-order valence-corrected chi connectivity index (χ0v) is 16.8. The van der Waals surface area contributed by atoms with Gasteiger partial charge in [-0.1, -0.05) is 34.4 Å². The van der Waals surface area contributed by atoms with Crippen LogP contribution in [0.4, 0.5) is 13.2 Å². The lowest BCUT2D eigenvalue weighted by Crippen LogP contribution is -2.11. The van der Waals surface area contributed by atoms with Gasteiger partial charge in [0.05, 0.1) is 10.0 Å². The van der Waals surface area contributed by atoms with Crippen molar-refractivity contribution in [2.24, 2.45) is 0 Å². The van der Waals surface area contributed by atoms with Crippen LogP contribution in [0.15, 0.2) is 34.9 Å². The zero-order chi connectivity index (χ0) is 21.2. The van der Waals surface area contributed by atoms with E-state index in [1.54, 1.807) is 44.2 Å². The largest absolute Gasteiger partial charge is 0.489 e. The topological polar surface area (TPSA) is 57.4 Å². The summed E-state index contributed by atoms with van der Waals surface area (Å²) in [4.78, 5) is 3.40. The lowest BCUT2D eigenvalue weighted by Gasteiger charge is -2.14. The Bertz CT molecular complexity index is 979. The van der Waals surface area contributed by atoms with Crippen LogP contribution in [0.1, 0.15) is 17.0 Å². The summed E-state index contributed by atoms with van der Waals surface area (Å²) in [5.74, 6) is -0.576. The predicted octanol–water partition coefficient (Wildman–Crippen LogP) is 6.14. The van der Waals surface area contributed by atoms with Crippen molar-refractivity contribution < 1.29 is 27.2 Å². The molecule has 0 unspecified atom stereocenters. The third-order valence-corrected chi connectivity index (χ3v) is 4.48. The molecule has 0 N–H and O–H groups in total. The fourth-order valence-corrected chi connectivity index (χ4v) is 3.18. The van der Waals surface area contributed by atoms with Gasteiger partial charge in [0.15, 0.2) is 5.75 Å². The van der Waals surface area contributed by atoms with Gasteiger partial charge in [0, 0.05) is 5.56 Å². The molecular formula is C19H15Cl2F3N2O3. The summed E-state index contributed by atoms with van der Waals surface area (Å²) in [7, 11) is 0. The van der Waals surface area contributed by atoms with Crippen LogP contribution in [0.2, 0.25) is 10.0 Å². The molecule has 0 radical (unpaired) electrons. The maximum atomic E-state index is 12.6. The van der Waals surface area contributed by atoms with E-state index in [0.717, 1.165) is 0 Å². The second-order valence-electron chi connectivity index (χ2n) is 6.11. The van der Waals surface area contributed by atoms with E-state index < -0.39 is 12.1 Å². The first kappa shape index (κ1) is 21.3. The molecule has 0 atom stereocenters. The molecule has 1 heterocycles. The van der Waals surface area contributed by atoms with E-state index in [1.165, 1.54) is 0 Å². The van der Waals surface area contributed by atoms with Crippen LogP contribution in [0.3, 0.4) is 0 Å². The Kier molecular flexibility index (Phi) is 6.24. The number of para-hydroxylation sites is 1. The lowest BCUT2D eigenvalue weighted by molar-refractivity contribution is -0.159. The molecule has 0 aliphatic rings. The molecule has 29 heavy (non-hydrogen) atoms. The van der Waals surface area contributed by atoms with E-state index in [1.807, 2.05) is 0 Å². The van der Waals surface area contributed by atoms with Crippen LogP contribution in [0.25, 0.3) is 11.4 Å².